The molecule has 2 N–H and O–H groups in total. The van der Waals surface area contributed by atoms with Crippen LogP contribution in [0.4, 0.5) is 5.69 Å². The lowest BCUT2D eigenvalue weighted by molar-refractivity contribution is -0.136. The number of esters is 1. The third kappa shape index (κ3) is 4.73. The molecule has 0 saturated heterocycles. The molecular formula is C16H14N4O4. The Morgan fingerprint density at radius 1 is 1.04 bits per heavy atom. The van der Waals surface area contributed by atoms with E-state index < -0.39 is 17.8 Å². The van der Waals surface area contributed by atoms with Gasteiger partial charge in [-0.15, -0.1) is 0 Å². The van der Waals surface area contributed by atoms with Crippen molar-refractivity contribution in [1.29, 1.82) is 0 Å². The normalized spacial score (nSPS) is 10.2. The van der Waals surface area contributed by atoms with Crippen molar-refractivity contribution in [2.75, 3.05) is 12.4 Å². The summed E-state index contributed by atoms with van der Waals surface area (Å²) in [6, 6.07) is 9.30. The van der Waals surface area contributed by atoms with Gasteiger partial charge in [-0.05, 0) is 42.0 Å². The lowest BCUT2D eigenvalue weighted by Gasteiger charge is -2.05. The van der Waals surface area contributed by atoms with E-state index in [0.717, 1.165) is 5.56 Å². The molecule has 8 nitrogen and oxygen atoms in total. The molecule has 8 heteroatoms. The molecule has 0 aliphatic carbocycles. The zero-order valence-corrected chi connectivity index (χ0v) is 12.7. The van der Waals surface area contributed by atoms with E-state index in [9.17, 15) is 14.4 Å². The lowest BCUT2D eigenvalue weighted by atomic mass is 10.2. The van der Waals surface area contributed by atoms with Crippen molar-refractivity contribution in [1.82, 2.24) is 10.4 Å². The van der Waals surface area contributed by atoms with Gasteiger partial charge in [-0.1, -0.05) is 0 Å². The summed E-state index contributed by atoms with van der Waals surface area (Å²) >= 11 is 0. The van der Waals surface area contributed by atoms with Crippen LogP contribution in [-0.4, -0.2) is 36.1 Å². The summed E-state index contributed by atoms with van der Waals surface area (Å²) in [6.07, 6.45) is 4.54. The number of carbonyl (C=O) groups excluding carboxylic acids is 3. The summed E-state index contributed by atoms with van der Waals surface area (Å²) in [6.45, 7) is 0. The number of amides is 2. The van der Waals surface area contributed by atoms with E-state index in [1.807, 2.05) is 0 Å². The summed E-state index contributed by atoms with van der Waals surface area (Å²) in [5, 5.41) is 6.07. The second-order valence-corrected chi connectivity index (χ2v) is 4.50. The Balaban J connectivity index is 1.88. The molecule has 0 bridgehead atoms. The number of nitrogens with zero attached hydrogens (tertiary/aromatic N) is 2. The molecular weight excluding hydrogens is 312 g/mol. The molecule has 1 aromatic heterocycles. The fraction of sp³-hybridized carbons (Fsp3) is 0.0625. The van der Waals surface area contributed by atoms with E-state index in [1.165, 1.54) is 37.6 Å². The van der Waals surface area contributed by atoms with Crippen LogP contribution in [0.1, 0.15) is 15.9 Å². The molecule has 122 valence electrons. The van der Waals surface area contributed by atoms with Crippen LogP contribution in [-0.2, 0) is 14.3 Å². The van der Waals surface area contributed by atoms with Crippen LogP contribution in [0.3, 0.4) is 0 Å². The monoisotopic (exact) mass is 326 g/mol. The molecule has 0 fully saturated rings. The van der Waals surface area contributed by atoms with Crippen molar-refractivity contribution in [3.8, 4) is 0 Å². The second kappa shape index (κ2) is 8.18. The zero-order valence-electron chi connectivity index (χ0n) is 12.7. The van der Waals surface area contributed by atoms with Gasteiger partial charge in [0, 0.05) is 18.1 Å². The summed E-state index contributed by atoms with van der Waals surface area (Å²) in [5.74, 6) is -2.29. The first-order chi connectivity index (χ1) is 11.6. The van der Waals surface area contributed by atoms with Gasteiger partial charge in [0.1, 0.15) is 0 Å². The van der Waals surface area contributed by atoms with E-state index in [2.05, 4.69) is 25.6 Å². The van der Waals surface area contributed by atoms with Gasteiger partial charge < -0.3 is 10.1 Å². The first-order valence-corrected chi connectivity index (χ1v) is 6.83. The number of aromatic nitrogens is 1. The predicted octanol–water partition coefficient (Wildman–Crippen LogP) is 0.957. The Kier molecular flexibility index (Phi) is 5.73. The van der Waals surface area contributed by atoms with Crippen LogP contribution < -0.4 is 10.7 Å². The highest BCUT2D eigenvalue weighted by molar-refractivity contribution is 6.39. The smallest absolute Gasteiger partial charge is 0.337 e. The number of hydrogen-bond donors (Lipinski definition) is 2. The number of ether oxygens (including phenoxy) is 1. The van der Waals surface area contributed by atoms with E-state index in [4.69, 9.17) is 0 Å². The SMILES string of the molecule is COC(=O)c1ccc(NC(=O)C(=O)N/N=C/c2ccncc2)cc1. The third-order valence-corrected chi connectivity index (χ3v) is 2.86. The van der Waals surface area contributed by atoms with E-state index >= 15 is 0 Å². The molecule has 1 aromatic carbocycles. The van der Waals surface area contributed by atoms with Crippen LogP contribution in [0.25, 0.3) is 0 Å². The van der Waals surface area contributed by atoms with Crippen LogP contribution in [0.5, 0.6) is 0 Å². The van der Waals surface area contributed by atoms with Gasteiger partial charge in [0.2, 0.25) is 0 Å². The molecule has 0 atom stereocenters. The highest BCUT2D eigenvalue weighted by Gasteiger charge is 2.13. The van der Waals surface area contributed by atoms with E-state index in [1.54, 1.807) is 24.5 Å². The molecule has 0 aliphatic rings. The first kappa shape index (κ1) is 16.8. The number of anilines is 1. The Labute approximate surface area is 137 Å². The molecule has 1 heterocycles. The molecule has 0 unspecified atom stereocenters. The van der Waals surface area contributed by atoms with Crippen molar-refractivity contribution in [3.63, 3.8) is 0 Å². The van der Waals surface area contributed by atoms with Gasteiger partial charge in [0.15, 0.2) is 0 Å². The van der Waals surface area contributed by atoms with Crippen molar-refractivity contribution in [2.24, 2.45) is 5.10 Å². The standard InChI is InChI=1S/C16H14N4O4/c1-24-16(23)12-2-4-13(5-3-12)19-14(21)15(22)20-18-10-11-6-8-17-9-7-11/h2-10H,1H3,(H,19,21)(H,20,22)/b18-10+. The minimum atomic E-state index is -0.919. The number of rotatable bonds is 4. The summed E-state index contributed by atoms with van der Waals surface area (Å²) in [7, 11) is 1.27. The molecule has 0 aliphatic heterocycles. The Bertz CT molecular complexity index is 757. The quantitative estimate of drug-likeness (QED) is 0.376. The average Bonchev–Trinajstić information content (AvgIpc) is 2.62. The minimum absolute atomic E-state index is 0.335. The van der Waals surface area contributed by atoms with Crippen molar-refractivity contribution in [3.05, 3.63) is 59.9 Å². The summed E-state index contributed by atoms with van der Waals surface area (Å²) in [5.41, 5.74) is 3.54. The number of methoxy groups -OCH3 is 1. The maximum Gasteiger partial charge on any atom is 0.337 e. The minimum Gasteiger partial charge on any atom is -0.465 e. The van der Waals surface area contributed by atoms with Crippen molar-refractivity contribution >= 4 is 29.7 Å². The number of pyridine rings is 1. The van der Waals surface area contributed by atoms with Gasteiger partial charge in [0.05, 0.1) is 18.9 Å². The van der Waals surface area contributed by atoms with Gasteiger partial charge in [0.25, 0.3) is 0 Å². The molecule has 0 spiro atoms. The third-order valence-electron chi connectivity index (χ3n) is 2.86. The Morgan fingerprint density at radius 2 is 1.71 bits per heavy atom. The number of nitrogens with one attached hydrogen (secondary N) is 2. The molecule has 2 aromatic rings. The summed E-state index contributed by atoms with van der Waals surface area (Å²) in [4.78, 5) is 38.5. The Hall–Kier alpha value is -3.55. The topological polar surface area (TPSA) is 110 Å². The fourth-order valence-corrected chi connectivity index (χ4v) is 1.66. The van der Waals surface area contributed by atoms with Crippen LogP contribution in [0, 0.1) is 0 Å². The fourth-order valence-electron chi connectivity index (χ4n) is 1.66. The second-order valence-electron chi connectivity index (χ2n) is 4.50. The summed E-state index contributed by atoms with van der Waals surface area (Å²) < 4.78 is 4.57. The molecule has 2 amide bonds. The van der Waals surface area contributed by atoms with Crippen LogP contribution >= 0.6 is 0 Å². The predicted molar refractivity (Wildman–Crippen MR) is 86.4 cm³/mol. The van der Waals surface area contributed by atoms with E-state index in [-0.39, 0.29) is 0 Å². The van der Waals surface area contributed by atoms with Crippen LogP contribution in [0.15, 0.2) is 53.9 Å². The van der Waals surface area contributed by atoms with Crippen LogP contribution in [0.2, 0.25) is 0 Å². The van der Waals surface area contributed by atoms with E-state index in [0.29, 0.717) is 11.3 Å². The Morgan fingerprint density at radius 3 is 2.33 bits per heavy atom. The maximum atomic E-state index is 11.7. The lowest BCUT2D eigenvalue weighted by Crippen LogP contribution is -2.32. The van der Waals surface area contributed by atoms with Crippen molar-refractivity contribution in [2.45, 2.75) is 0 Å². The molecule has 0 radical (unpaired) electrons. The first-order valence-electron chi connectivity index (χ1n) is 6.83. The van der Waals surface area contributed by atoms with Gasteiger partial charge in [-0.2, -0.15) is 5.10 Å². The molecule has 2 rings (SSSR count). The highest BCUT2D eigenvalue weighted by atomic mass is 16.5. The number of hydrazone groups is 1. The maximum absolute atomic E-state index is 11.7. The number of hydrogen-bond acceptors (Lipinski definition) is 6. The molecule has 0 saturated carbocycles. The van der Waals surface area contributed by atoms with Gasteiger partial charge in [-0.25, -0.2) is 10.2 Å². The van der Waals surface area contributed by atoms with Gasteiger partial charge in [-0.3, -0.25) is 14.6 Å². The zero-order chi connectivity index (χ0) is 17.4. The van der Waals surface area contributed by atoms with Gasteiger partial charge >= 0.3 is 17.8 Å². The number of benzene rings is 1. The van der Waals surface area contributed by atoms with Crippen molar-refractivity contribution < 1.29 is 19.1 Å². The molecule has 24 heavy (non-hydrogen) atoms. The average molecular weight is 326 g/mol. The largest absolute Gasteiger partial charge is 0.465 e. The number of carbonyl (C=O) groups is 3. The highest BCUT2D eigenvalue weighted by Crippen LogP contribution is 2.10.